The van der Waals surface area contributed by atoms with E-state index >= 15 is 0 Å². The quantitative estimate of drug-likeness (QED) is 0.574. The molecule has 0 spiro atoms. The monoisotopic (exact) mass is 384 g/mol. The van der Waals surface area contributed by atoms with Crippen molar-refractivity contribution in [3.63, 3.8) is 0 Å². The third kappa shape index (κ3) is 4.28. The van der Waals surface area contributed by atoms with Gasteiger partial charge < -0.3 is 14.0 Å². The molecule has 0 bridgehead atoms. The van der Waals surface area contributed by atoms with Crippen LogP contribution >= 0.6 is 11.3 Å². The Morgan fingerprint density at radius 3 is 2.67 bits per heavy atom. The van der Waals surface area contributed by atoms with Crippen molar-refractivity contribution in [1.29, 1.82) is 0 Å². The molecule has 0 unspecified atom stereocenters. The molecule has 0 aliphatic heterocycles. The number of carbonyl (C=O) groups excluding carboxylic acids is 1. The largest absolute Gasteiger partial charge is 0.492 e. The fraction of sp³-hybridized carbons (Fsp3) is 0.333. The summed E-state index contributed by atoms with van der Waals surface area (Å²) in [5.74, 6) is 0.565. The van der Waals surface area contributed by atoms with Gasteiger partial charge in [-0.25, -0.2) is 0 Å². The molecule has 0 saturated carbocycles. The number of fused-ring (bicyclic) bond motifs is 1. The van der Waals surface area contributed by atoms with Crippen LogP contribution in [0.5, 0.6) is 5.75 Å². The van der Waals surface area contributed by atoms with E-state index in [0.29, 0.717) is 36.7 Å². The van der Waals surface area contributed by atoms with Crippen LogP contribution in [0.25, 0.3) is 10.2 Å². The van der Waals surface area contributed by atoms with E-state index in [4.69, 9.17) is 9.47 Å². The Bertz CT molecular complexity index is 1000. The van der Waals surface area contributed by atoms with E-state index in [1.165, 1.54) is 11.3 Å². The first-order valence-corrected chi connectivity index (χ1v) is 9.95. The number of aryl methyl sites for hydroxylation is 1. The lowest BCUT2D eigenvalue weighted by Crippen LogP contribution is -2.20. The van der Waals surface area contributed by atoms with Gasteiger partial charge >= 0.3 is 0 Å². The molecule has 3 rings (SSSR count). The number of thiazole rings is 1. The van der Waals surface area contributed by atoms with Crippen molar-refractivity contribution in [2.24, 2.45) is 4.99 Å². The molecule has 0 radical (unpaired) electrons. The Balaban J connectivity index is 2.13. The van der Waals surface area contributed by atoms with Crippen LogP contribution in [-0.2, 0) is 11.3 Å². The molecule has 6 heteroatoms. The first-order chi connectivity index (χ1) is 13.2. The summed E-state index contributed by atoms with van der Waals surface area (Å²) in [5, 5.41) is 0. The smallest absolute Gasteiger partial charge is 0.279 e. The molecule has 1 heterocycles. The Morgan fingerprint density at radius 2 is 1.93 bits per heavy atom. The average Bonchev–Trinajstić information content (AvgIpc) is 3.01. The van der Waals surface area contributed by atoms with E-state index in [2.05, 4.69) is 4.99 Å². The van der Waals surface area contributed by atoms with Gasteiger partial charge in [-0.05, 0) is 44.5 Å². The third-order valence-electron chi connectivity index (χ3n) is 4.20. The number of ether oxygens (including phenoxy) is 2. The van der Waals surface area contributed by atoms with Crippen molar-refractivity contribution < 1.29 is 14.3 Å². The Labute approximate surface area is 162 Å². The predicted octanol–water partition coefficient (Wildman–Crippen LogP) is 4.19. The molecule has 1 amide bonds. The van der Waals surface area contributed by atoms with Crippen LogP contribution in [0.2, 0.25) is 0 Å². The number of nitrogens with zero attached hydrogens (tertiary/aromatic N) is 2. The predicted molar refractivity (Wildman–Crippen MR) is 109 cm³/mol. The third-order valence-corrected chi connectivity index (χ3v) is 5.24. The second-order valence-electron chi connectivity index (χ2n) is 6.00. The van der Waals surface area contributed by atoms with Gasteiger partial charge in [0.2, 0.25) is 0 Å². The zero-order valence-corrected chi connectivity index (χ0v) is 16.7. The molecule has 5 nitrogen and oxygen atoms in total. The van der Waals surface area contributed by atoms with Crippen molar-refractivity contribution in [3.8, 4) is 5.75 Å². The van der Waals surface area contributed by atoms with E-state index in [0.717, 1.165) is 21.5 Å². The maximum atomic E-state index is 12.8. The van der Waals surface area contributed by atoms with Gasteiger partial charge in [-0.15, -0.1) is 0 Å². The van der Waals surface area contributed by atoms with Gasteiger partial charge in [-0.3, -0.25) is 4.79 Å². The van der Waals surface area contributed by atoms with Gasteiger partial charge in [0.25, 0.3) is 5.91 Å². The minimum atomic E-state index is -0.234. The lowest BCUT2D eigenvalue weighted by molar-refractivity contribution is 0.0996. The molecule has 142 valence electrons. The number of carbonyl (C=O) groups is 1. The molecule has 0 atom stereocenters. The Morgan fingerprint density at radius 1 is 1.11 bits per heavy atom. The average molecular weight is 385 g/mol. The van der Waals surface area contributed by atoms with Gasteiger partial charge in [0, 0.05) is 18.7 Å². The summed E-state index contributed by atoms with van der Waals surface area (Å²) in [6, 6.07) is 13.4. The zero-order chi connectivity index (χ0) is 19.2. The molecule has 27 heavy (non-hydrogen) atoms. The van der Waals surface area contributed by atoms with Crippen molar-refractivity contribution >= 4 is 27.5 Å². The number of aromatic nitrogens is 1. The van der Waals surface area contributed by atoms with Crippen molar-refractivity contribution in [1.82, 2.24) is 4.57 Å². The molecular weight excluding hydrogens is 360 g/mol. The lowest BCUT2D eigenvalue weighted by atomic mass is 10.1. The van der Waals surface area contributed by atoms with Crippen LogP contribution in [0.4, 0.5) is 0 Å². The molecule has 3 aromatic rings. The zero-order valence-electron chi connectivity index (χ0n) is 15.9. The highest BCUT2D eigenvalue weighted by atomic mass is 32.1. The van der Waals surface area contributed by atoms with Gasteiger partial charge in [0.15, 0.2) is 4.80 Å². The maximum absolute atomic E-state index is 12.8. The minimum absolute atomic E-state index is 0.234. The van der Waals surface area contributed by atoms with Crippen LogP contribution in [0.1, 0.15) is 29.8 Å². The highest BCUT2D eigenvalue weighted by molar-refractivity contribution is 7.16. The summed E-state index contributed by atoms with van der Waals surface area (Å²) >= 11 is 1.49. The van der Waals surface area contributed by atoms with Gasteiger partial charge in [-0.2, -0.15) is 4.99 Å². The van der Waals surface area contributed by atoms with E-state index in [9.17, 15) is 4.79 Å². The summed E-state index contributed by atoms with van der Waals surface area (Å²) in [6.45, 7) is 8.23. The highest BCUT2D eigenvalue weighted by Gasteiger charge is 2.14. The van der Waals surface area contributed by atoms with Crippen molar-refractivity contribution in [2.75, 3.05) is 19.8 Å². The van der Waals surface area contributed by atoms with Crippen LogP contribution < -0.4 is 9.54 Å². The normalized spacial score (nSPS) is 11.9. The number of para-hydroxylation sites is 1. The van der Waals surface area contributed by atoms with Gasteiger partial charge in [0.05, 0.1) is 17.9 Å². The summed E-state index contributed by atoms with van der Waals surface area (Å²) < 4.78 is 14.4. The molecule has 1 aromatic heterocycles. The van der Waals surface area contributed by atoms with Crippen molar-refractivity contribution in [2.45, 2.75) is 27.3 Å². The Hall–Kier alpha value is -2.44. The van der Waals surface area contributed by atoms with E-state index in [1.807, 2.05) is 67.8 Å². The van der Waals surface area contributed by atoms with Crippen LogP contribution in [0.15, 0.2) is 47.5 Å². The number of rotatable bonds is 7. The molecule has 0 aliphatic rings. The first-order valence-electron chi connectivity index (χ1n) is 9.13. The minimum Gasteiger partial charge on any atom is -0.492 e. The summed E-state index contributed by atoms with van der Waals surface area (Å²) in [5.41, 5.74) is 2.50. The van der Waals surface area contributed by atoms with Crippen LogP contribution in [-0.4, -0.2) is 30.3 Å². The summed E-state index contributed by atoms with van der Waals surface area (Å²) in [6.07, 6.45) is 0. The summed E-state index contributed by atoms with van der Waals surface area (Å²) in [7, 11) is 0. The van der Waals surface area contributed by atoms with Crippen LogP contribution in [0.3, 0.4) is 0 Å². The molecule has 2 aromatic carbocycles. The van der Waals surface area contributed by atoms with E-state index in [1.54, 1.807) is 0 Å². The molecule has 0 saturated heterocycles. The lowest BCUT2D eigenvalue weighted by Gasteiger charge is -2.10. The number of benzene rings is 2. The van der Waals surface area contributed by atoms with Crippen LogP contribution in [0, 0.1) is 6.92 Å². The fourth-order valence-corrected chi connectivity index (χ4v) is 3.99. The SMILES string of the molecule is CCOCCn1c(=NC(=O)c2ccccc2C)sc2cccc(OCC)c21. The van der Waals surface area contributed by atoms with Crippen molar-refractivity contribution in [3.05, 3.63) is 58.4 Å². The molecule has 0 aliphatic carbocycles. The summed E-state index contributed by atoms with van der Waals surface area (Å²) in [4.78, 5) is 17.9. The topological polar surface area (TPSA) is 52.8 Å². The molecule has 0 N–H and O–H groups in total. The van der Waals surface area contributed by atoms with E-state index < -0.39 is 0 Å². The highest BCUT2D eigenvalue weighted by Crippen LogP contribution is 2.27. The molecule has 0 fully saturated rings. The second-order valence-corrected chi connectivity index (χ2v) is 7.01. The van der Waals surface area contributed by atoms with Gasteiger partial charge in [-0.1, -0.05) is 35.6 Å². The first kappa shape index (κ1) is 19.3. The van der Waals surface area contributed by atoms with E-state index in [-0.39, 0.29) is 5.91 Å². The number of hydrogen-bond acceptors (Lipinski definition) is 4. The molecular formula is C21H24N2O3S. The maximum Gasteiger partial charge on any atom is 0.279 e. The number of amides is 1. The Kier molecular flexibility index (Phi) is 6.42. The fourth-order valence-electron chi connectivity index (χ4n) is 2.92. The standard InChI is InChI=1S/C21H24N2O3S/c1-4-25-14-13-23-19-17(26-5-2)11-8-12-18(19)27-21(23)22-20(24)16-10-7-6-9-15(16)3/h6-12H,4-5,13-14H2,1-3H3. The number of hydrogen-bond donors (Lipinski definition) is 0. The second kappa shape index (κ2) is 8.97. The van der Waals surface area contributed by atoms with Gasteiger partial charge in [0.1, 0.15) is 11.3 Å².